The SMILES string of the molecule is ClC1=C[C]=CCN1. The molecule has 7 heavy (non-hydrogen) atoms. The van der Waals surface area contributed by atoms with Crippen molar-refractivity contribution in [1.82, 2.24) is 5.32 Å². The molecule has 0 aliphatic carbocycles. The van der Waals surface area contributed by atoms with Gasteiger partial charge in [-0.2, -0.15) is 0 Å². The van der Waals surface area contributed by atoms with E-state index in [0.717, 1.165) is 6.54 Å². The molecule has 0 fully saturated rings. The Labute approximate surface area is 47.7 Å². The molecule has 1 rings (SSSR count). The van der Waals surface area contributed by atoms with Gasteiger partial charge in [-0.1, -0.05) is 17.7 Å². The highest BCUT2D eigenvalue weighted by Crippen LogP contribution is 1.97. The Morgan fingerprint density at radius 2 is 2.71 bits per heavy atom. The maximum atomic E-state index is 5.48. The van der Waals surface area contributed by atoms with Crippen LogP contribution in [0, 0.1) is 6.08 Å². The summed E-state index contributed by atoms with van der Waals surface area (Å²) >= 11 is 5.48. The first-order chi connectivity index (χ1) is 3.39. The lowest BCUT2D eigenvalue weighted by Gasteiger charge is -2.01. The van der Waals surface area contributed by atoms with E-state index in [9.17, 15) is 0 Å². The highest BCUT2D eigenvalue weighted by molar-refractivity contribution is 6.29. The van der Waals surface area contributed by atoms with E-state index >= 15 is 0 Å². The zero-order chi connectivity index (χ0) is 5.11. The van der Waals surface area contributed by atoms with Crippen molar-refractivity contribution in [3.63, 3.8) is 0 Å². The molecule has 0 unspecified atom stereocenters. The summed E-state index contributed by atoms with van der Waals surface area (Å²) < 4.78 is 0. The third-order valence-electron chi connectivity index (χ3n) is 0.701. The summed E-state index contributed by atoms with van der Waals surface area (Å²) in [7, 11) is 0. The molecular formula is C5H5ClN. The van der Waals surface area contributed by atoms with Gasteiger partial charge in [0, 0.05) is 6.54 Å². The van der Waals surface area contributed by atoms with Crippen molar-refractivity contribution >= 4 is 11.6 Å². The van der Waals surface area contributed by atoms with Crippen molar-refractivity contribution in [3.8, 4) is 0 Å². The Kier molecular flexibility index (Phi) is 1.37. The van der Waals surface area contributed by atoms with Crippen LogP contribution in [-0.4, -0.2) is 6.54 Å². The second-order valence-electron chi connectivity index (χ2n) is 1.24. The van der Waals surface area contributed by atoms with Crippen LogP contribution in [0.5, 0.6) is 0 Å². The minimum atomic E-state index is 0.669. The maximum Gasteiger partial charge on any atom is 0.103 e. The summed E-state index contributed by atoms with van der Waals surface area (Å²) in [6.07, 6.45) is 6.43. The fraction of sp³-hybridized carbons (Fsp3) is 0.200. The summed E-state index contributed by atoms with van der Waals surface area (Å²) in [4.78, 5) is 0. The molecule has 37 valence electrons. The van der Waals surface area contributed by atoms with E-state index in [1.54, 1.807) is 6.08 Å². The number of allylic oxidation sites excluding steroid dienone is 2. The molecule has 1 N–H and O–H groups in total. The van der Waals surface area contributed by atoms with Gasteiger partial charge in [-0.25, -0.2) is 0 Å². The molecule has 0 aromatic rings. The summed E-state index contributed by atoms with van der Waals surface area (Å²) in [5.41, 5.74) is 0. The molecule has 1 heterocycles. The molecule has 0 aromatic carbocycles. The lowest BCUT2D eigenvalue weighted by Crippen LogP contribution is -2.10. The molecule has 0 atom stereocenters. The predicted molar refractivity (Wildman–Crippen MR) is 29.8 cm³/mol. The zero-order valence-corrected chi connectivity index (χ0v) is 4.50. The van der Waals surface area contributed by atoms with E-state index < -0.39 is 0 Å². The Hall–Kier alpha value is -0.430. The van der Waals surface area contributed by atoms with Crippen LogP contribution >= 0.6 is 11.6 Å². The van der Waals surface area contributed by atoms with Gasteiger partial charge in [-0.3, -0.25) is 0 Å². The highest BCUT2D eigenvalue weighted by Gasteiger charge is 1.88. The number of rotatable bonds is 0. The Bertz CT molecular complexity index is 115. The van der Waals surface area contributed by atoms with Crippen molar-refractivity contribution in [2.75, 3.05) is 6.54 Å². The van der Waals surface area contributed by atoms with E-state index in [4.69, 9.17) is 11.6 Å². The molecule has 1 aliphatic heterocycles. The van der Waals surface area contributed by atoms with Crippen LogP contribution in [-0.2, 0) is 0 Å². The van der Waals surface area contributed by atoms with Crippen molar-refractivity contribution in [2.24, 2.45) is 0 Å². The smallest absolute Gasteiger partial charge is 0.103 e. The third-order valence-corrected chi connectivity index (χ3v) is 0.944. The Balaban J connectivity index is 2.57. The van der Waals surface area contributed by atoms with Crippen LogP contribution in [0.25, 0.3) is 0 Å². The molecule has 1 nitrogen and oxygen atoms in total. The van der Waals surface area contributed by atoms with Gasteiger partial charge in [0.2, 0.25) is 0 Å². The number of nitrogens with one attached hydrogen (secondary N) is 1. The second kappa shape index (κ2) is 2.03. The predicted octanol–water partition coefficient (Wildman–Crippen LogP) is 1.03. The maximum absolute atomic E-state index is 5.48. The normalized spacial score (nSPS) is 18.1. The molecule has 0 amide bonds. The summed E-state index contributed by atoms with van der Waals surface area (Å²) in [5.74, 6) is 0. The molecule has 2 heteroatoms. The number of dihydropyridines is 1. The summed E-state index contributed by atoms with van der Waals surface area (Å²) in [6.45, 7) is 0.801. The minimum Gasteiger partial charge on any atom is -0.372 e. The van der Waals surface area contributed by atoms with Crippen LogP contribution in [0.2, 0.25) is 0 Å². The molecule has 0 saturated carbocycles. The topological polar surface area (TPSA) is 12.0 Å². The Morgan fingerprint density at radius 3 is 3.00 bits per heavy atom. The van der Waals surface area contributed by atoms with E-state index in [2.05, 4.69) is 11.4 Å². The molecular weight excluding hydrogens is 110 g/mol. The van der Waals surface area contributed by atoms with Crippen LogP contribution in [0.15, 0.2) is 17.3 Å². The monoisotopic (exact) mass is 114 g/mol. The number of hydrogen-bond acceptors (Lipinski definition) is 1. The van der Waals surface area contributed by atoms with Crippen LogP contribution < -0.4 is 5.32 Å². The Morgan fingerprint density at radius 1 is 1.86 bits per heavy atom. The summed E-state index contributed by atoms with van der Waals surface area (Å²) in [5, 5.41) is 3.56. The molecule has 1 aliphatic rings. The lowest BCUT2D eigenvalue weighted by atomic mass is 10.4. The van der Waals surface area contributed by atoms with Gasteiger partial charge in [-0.05, 0) is 12.2 Å². The third kappa shape index (κ3) is 1.24. The van der Waals surface area contributed by atoms with Gasteiger partial charge < -0.3 is 5.32 Å². The van der Waals surface area contributed by atoms with Crippen molar-refractivity contribution in [3.05, 3.63) is 23.4 Å². The van der Waals surface area contributed by atoms with Gasteiger partial charge in [0.15, 0.2) is 0 Å². The number of hydrogen-bond donors (Lipinski definition) is 1. The van der Waals surface area contributed by atoms with E-state index in [1.807, 2.05) is 6.08 Å². The highest BCUT2D eigenvalue weighted by atomic mass is 35.5. The van der Waals surface area contributed by atoms with Crippen LogP contribution in [0.4, 0.5) is 0 Å². The average molecular weight is 115 g/mol. The largest absolute Gasteiger partial charge is 0.372 e. The van der Waals surface area contributed by atoms with Crippen LogP contribution in [0.1, 0.15) is 0 Å². The molecule has 0 spiro atoms. The van der Waals surface area contributed by atoms with Gasteiger partial charge in [-0.15, -0.1) is 0 Å². The van der Waals surface area contributed by atoms with Crippen LogP contribution in [0.3, 0.4) is 0 Å². The number of halogens is 1. The molecule has 0 bridgehead atoms. The summed E-state index contributed by atoms with van der Waals surface area (Å²) in [6, 6.07) is 0. The van der Waals surface area contributed by atoms with Gasteiger partial charge in [0.1, 0.15) is 5.16 Å². The van der Waals surface area contributed by atoms with Crippen molar-refractivity contribution in [2.45, 2.75) is 0 Å². The molecule has 0 aromatic heterocycles. The first-order valence-corrected chi connectivity index (χ1v) is 2.44. The zero-order valence-electron chi connectivity index (χ0n) is 3.74. The first kappa shape index (κ1) is 4.72. The van der Waals surface area contributed by atoms with E-state index in [-0.39, 0.29) is 0 Å². The average Bonchev–Trinajstić information content (AvgIpc) is 1.69. The lowest BCUT2D eigenvalue weighted by molar-refractivity contribution is 0.945. The van der Waals surface area contributed by atoms with Gasteiger partial charge in [0.25, 0.3) is 0 Å². The standard InChI is InChI=1S/C5H5ClN/c6-5-3-1-2-4-7-5/h2-3,7H,4H2. The quantitative estimate of drug-likeness (QED) is 0.464. The second-order valence-corrected chi connectivity index (χ2v) is 1.65. The van der Waals surface area contributed by atoms with Crippen molar-refractivity contribution in [1.29, 1.82) is 0 Å². The van der Waals surface area contributed by atoms with E-state index in [0.29, 0.717) is 5.16 Å². The fourth-order valence-electron chi connectivity index (χ4n) is 0.391. The van der Waals surface area contributed by atoms with Crippen molar-refractivity contribution < 1.29 is 0 Å². The fourth-order valence-corrected chi connectivity index (χ4v) is 0.531. The van der Waals surface area contributed by atoms with Gasteiger partial charge >= 0.3 is 0 Å². The van der Waals surface area contributed by atoms with E-state index in [1.165, 1.54) is 0 Å². The first-order valence-electron chi connectivity index (χ1n) is 2.07. The molecule has 1 radical (unpaired) electrons. The van der Waals surface area contributed by atoms with Gasteiger partial charge in [0.05, 0.1) is 0 Å². The molecule has 0 saturated heterocycles. The minimum absolute atomic E-state index is 0.669.